The van der Waals surface area contributed by atoms with Gasteiger partial charge in [0.25, 0.3) is 0 Å². The molecule has 62 valence electrons. The van der Waals surface area contributed by atoms with Gasteiger partial charge in [0.15, 0.2) is -0.565 Å². The number of hydrogen-bond donors (Lipinski definition) is 0. The number of hydrogen-bond acceptors (Lipinski definition) is 0. The number of aromatic nitrogens is 2. The van der Waals surface area contributed by atoms with Crippen molar-refractivity contribution in [2.45, 2.75) is 5.98 Å². The lowest BCUT2D eigenvalue weighted by atomic mass is 10.7. The molecule has 0 aliphatic rings. The molecule has 1 aromatic heterocycles. The summed E-state index contributed by atoms with van der Waals surface area (Å²) in [6, 6.07) is 0. The molecule has 5 heteroatoms. The van der Waals surface area contributed by atoms with Crippen molar-refractivity contribution < 1.29 is 4.57 Å². The smallest absolute Gasteiger partial charge is 0.240 e. The molecule has 0 saturated heterocycles. The SMILES string of the molecule is C[n+]1ccn(CC(I)(I)I)c1. The molecule has 1 heterocycles. The predicted octanol–water partition coefficient (Wildman–Crippen LogP) is 2.27. The Kier molecular flexibility index (Phi) is 3.88. The average molecular weight is 489 g/mol. The van der Waals surface area contributed by atoms with Crippen LogP contribution < -0.4 is 4.57 Å². The molecule has 2 nitrogen and oxygen atoms in total. The first-order valence-electron chi connectivity index (χ1n) is 3.05. The van der Waals surface area contributed by atoms with Gasteiger partial charge < -0.3 is 0 Å². The van der Waals surface area contributed by atoms with Crippen molar-refractivity contribution in [3.8, 4) is 0 Å². The molecule has 0 atom stereocenters. The van der Waals surface area contributed by atoms with Crippen molar-refractivity contribution in [2.75, 3.05) is 0 Å². The molecule has 0 spiro atoms. The van der Waals surface area contributed by atoms with E-state index in [-0.39, 0.29) is -0.565 Å². The Hall–Kier alpha value is 1.40. The molecule has 0 N–H and O–H groups in total. The zero-order valence-corrected chi connectivity index (χ0v) is 12.4. The van der Waals surface area contributed by atoms with Crippen LogP contribution in [0.25, 0.3) is 0 Å². The molecule has 11 heavy (non-hydrogen) atoms. The largest absolute Gasteiger partial charge is 0.243 e. The molecule has 0 unspecified atom stereocenters. The van der Waals surface area contributed by atoms with Crippen LogP contribution in [-0.2, 0) is 13.6 Å². The van der Waals surface area contributed by atoms with E-state index in [0.717, 1.165) is 6.54 Å². The molecular weight excluding hydrogens is 481 g/mol. The van der Waals surface area contributed by atoms with Crippen LogP contribution in [0.15, 0.2) is 18.7 Å². The van der Waals surface area contributed by atoms with Crippen LogP contribution in [0.5, 0.6) is 0 Å². The highest BCUT2D eigenvalue weighted by Crippen LogP contribution is 2.36. The molecule has 0 amide bonds. The molecule has 1 aromatic rings. The fraction of sp³-hybridized carbons (Fsp3) is 0.500. The van der Waals surface area contributed by atoms with Crippen LogP contribution in [0.4, 0.5) is 0 Å². The van der Waals surface area contributed by atoms with Crippen molar-refractivity contribution in [1.82, 2.24) is 4.57 Å². The molecule has 0 aliphatic carbocycles. The Bertz CT molecular complexity index is 238. The second-order valence-corrected chi connectivity index (χ2v) is 14.1. The van der Waals surface area contributed by atoms with Crippen molar-refractivity contribution in [1.29, 1.82) is 0 Å². The van der Waals surface area contributed by atoms with Crippen molar-refractivity contribution >= 4 is 67.8 Å². The minimum atomic E-state index is 0.277. The number of imidazole rings is 1. The second-order valence-electron chi connectivity index (χ2n) is 2.37. The van der Waals surface area contributed by atoms with E-state index in [2.05, 4.69) is 95.6 Å². The number of alkyl halides is 3. The summed E-state index contributed by atoms with van der Waals surface area (Å²) < 4.78 is 4.51. The summed E-state index contributed by atoms with van der Waals surface area (Å²) >= 11 is 7.30. The van der Waals surface area contributed by atoms with Gasteiger partial charge in [-0.1, -0.05) is 67.8 Å². The first-order valence-corrected chi connectivity index (χ1v) is 6.29. The maximum Gasteiger partial charge on any atom is 0.243 e. The molecule has 0 bridgehead atoms. The van der Waals surface area contributed by atoms with Crippen molar-refractivity contribution in [3.63, 3.8) is 0 Å². The van der Waals surface area contributed by atoms with Gasteiger partial charge in [0, 0.05) is 0 Å². The van der Waals surface area contributed by atoms with Gasteiger partial charge in [0.05, 0.1) is 7.05 Å². The second kappa shape index (κ2) is 4.07. The number of halogens is 3. The maximum absolute atomic E-state index is 2.43. The highest BCUT2D eigenvalue weighted by atomic mass is 127. The third-order valence-corrected chi connectivity index (χ3v) is 2.21. The van der Waals surface area contributed by atoms with Crippen LogP contribution in [0.2, 0.25) is 0 Å². The Labute approximate surface area is 107 Å². The quantitative estimate of drug-likeness (QED) is 0.343. The first kappa shape index (κ1) is 10.5. The summed E-state index contributed by atoms with van der Waals surface area (Å²) in [4.78, 5) is 0. The van der Waals surface area contributed by atoms with Crippen LogP contribution >= 0.6 is 67.8 Å². The normalized spacial score (nSPS) is 12.0. The van der Waals surface area contributed by atoms with Gasteiger partial charge in [-0.3, -0.25) is 0 Å². The monoisotopic (exact) mass is 489 g/mol. The van der Waals surface area contributed by atoms with E-state index < -0.39 is 0 Å². The lowest BCUT2D eigenvalue weighted by molar-refractivity contribution is -0.671. The van der Waals surface area contributed by atoms with Gasteiger partial charge in [-0.15, -0.1) is 0 Å². The van der Waals surface area contributed by atoms with Crippen LogP contribution in [-0.4, -0.2) is 4.00 Å². The van der Waals surface area contributed by atoms with Gasteiger partial charge in [-0.05, 0) is 0 Å². The van der Waals surface area contributed by atoms with Gasteiger partial charge in [-0.25, -0.2) is 9.13 Å². The summed E-state index contributed by atoms with van der Waals surface area (Å²) in [6.45, 7) is 1.04. The van der Waals surface area contributed by atoms with Crippen molar-refractivity contribution in [2.24, 2.45) is 7.05 Å². The molecule has 0 radical (unpaired) electrons. The highest BCUT2D eigenvalue weighted by molar-refractivity contribution is 14.3. The fourth-order valence-corrected chi connectivity index (χ4v) is 1.98. The molecule has 1 rings (SSSR count). The standard InChI is InChI=1S/C6H8I3N2/c1-10-2-3-11(5-10)4-6(7,8)9/h2-3,5H,4H2,1H3/q+1. The summed E-state index contributed by atoms with van der Waals surface area (Å²) in [5, 5.41) is 0. The third kappa shape index (κ3) is 4.25. The molecular formula is C6H8I3N2+. The van der Waals surface area contributed by atoms with Crippen LogP contribution in [0.1, 0.15) is 0 Å². The topological polar surface area (TPSA) is 8.81 Å². The summed E-state index contributed by atoms with van der Waals surface area (Å²) in [7, 11) is 2.03. The number of nitrogens with zero attached hydrogens (tertiary/aromatic N) is 2. The molecule has 0 saturated carbocycles. The van der Waals surface area contributed by atoms with Crippen LogP contribution in [0, 0.1) is 0 Å². The Morgan fingerprint density at radius 3 is 2.45 bits per heavy atom. The fourth-order valence-electron chi connectivity index (χ4n) is 0.802. The zero-order valence-electron chi connectivity index (χ0n) is 5.97. The van der Waals surface area contributed by atoms with Crippen LogP contribution in [0.3, 0.4) is 0 Å². The van der Waals surface area contributed by atoms with Gasteiger partial charge in [0.1, 0.15) is 18.9 Å². The van der Waals surface area contributed by atoms with E-state index >= 15 is 0 Å². The Morgan fingerprint density at radius 1 is 1.45 bits per heavy atom. The van der Waals surface area contributed by atoms with E-state index in [0.29, 0.717) is 0 Å². The summed E-state index contributed by atoms with van der Waals surface area (Å²) in [6.07, 6.45) is 6.23. The molecule has 0 aliphatic heterocycles. The number of aryl methyl sites for hydroxylation is 1. The Morgan fingerprint density at radius 2 is 2.09 bits per heavy atom. The lowest BCUT2D eigenvalue weighted by Crippen LogP contribution is -2.24. The minimum Gasteiger partial charge on any atom is -0.240 e. The van der Waals surface area contributed by atoms with E-state index in [1.165, 1.54) is 0 Å². The van der Waals surface area contributed by atoms with Gasteiger partial charge >= 0.3 is 0 Å². The number of rotatable bonds is 2. The summed E-state index contributed by atoms with van der Waals surface area (Å²) in [5.74, 6) is 0. The first-order chi connectivity index (χ1) is 4.97. The lowest BCUT2D eigenvalue weighted by Gasteiger charge is -2.07. The van der Waals surface area contributed by atoms with E-state index in [1.807, 2.05) is 7.05 Å². The Balaban J connectivity index is 2.65. The predicted molar refractivity (Wildman–Crippen MR) is 70.4 cm³/mol. The van der Waals surface area contributed by atoms with E-state index in [4.69, 9.17) is 0 Å². The minimum absolute atomic E-state index is 0.277. The third-order valence-electron chi connectivity index (χ3n) is 1.19. The molecule has 0 aromatic carbocycles. The average Bonchev–Trinajstić information content (AvgIpc) is 2.10. The van der Waals surface area contributed by atoms with Gasteiger partial charge in [0.2, 0.25) is 6.33 Å². The maximum atomic E-state index is 2.43. The zero-order chi connectivity index (χ0) is 8.48. The van der Waals surface area contributed by atoms with E-state index in [9.17, 15) is 0 Å². The molecule has 0 fully saturated rings. The van der Waals surface area contributed by atoms with Gasteiger partial charge in [-0.2, -0.15) is 0 Å². The highest BCUT2D eigenvalue weighted by Gasteiger charge is 2.20. The van der Waals surface area contributed by atoms with E-state index in [1.54, 1.807) is 0 Å². The van der Waals surface area contributed by atoms with Crippen molar-refractivity contribution in [3.05, 3.63) is 18.7 Å². The summed E-state index contributed by atoms with van der Waals surface area (Å²) in [5.41, 5.74) is 0.